The molecule has 0 aliphatic heterocycles. The Kier molecular flexibility index (Phi) is 6.71. The molecule has 7 heteroatoms. The molecule has 6 nitrogen and oxygen atoms in total. The number of nitrogens with one attached hydrogen (secondary N) is 2. The molecule has 2 N–H and O–H groups in total. The minimum atomic E-state index is -0.367. The lowest BCUT2D eigenvalue weighted by molar-refractivity contribution is -0.114. The molecular weight excluding hydrogens is 386 g/mol. The van der Waals surface area contributed by atoms with E-state index in [2.05, 4.69) is 31.8 Å². The van der Waals surface area contributed by atoms with Gasteiger partial charge >= 0.3 is 0 Å². The molecule has 2 amide bonds. The summed E-state index contributed by atoms with van der Waals surface area (Å²) in [5.41, 5.74) is 4.22. The summed E-state index contributed by atoms with van der Waals surface area (Å²) in [5.74, 6) is 0.184. The van der Waals surface area contributed by atoms with Crippen molar-refractivity contribution in [3.05, 3.63) is 58.1 Å². The van der Waals surface area contributed by atoms with Gasteiger partial charge in [-0.15, -0.1) is 0 Å². The van der Waals surface area contributed by atoms with Gasteiger partial charge < -0.3 is 10.1 Å². The maximum absolute atomic E-state index is 12.1. The first-order chi connectivity index (χ1) is 12.0. The molecule has 0 aliphatic rings. The number of carbonyl (C=O) groups excluding carboxylic acids is 2. The van der Waals surface area contributed by atoms with E-state index in [1.807, 2.05) is 25.1 Å². The third kappa shape index (κ3) is 5.72. The molecule has 0 radical (unpaired) electrons. The maximum Gasteiger partial charge on any atom is 0.271 e. The van der Waals surface area contributed by atoms with Gasteiger partial charge in [0.1, 0.15) is 5.75 Å². The zero-order valence-electron chi connectivity index (χ0n) is 13.9. The molecule has 130 valence electrons. The van der Waals surface area contributed by atoms with Gasteiger partial charge in [0, 0.05) is 18.2 Å². The second-order valence-corrected chi connectivity index (χ2v) is 5.94. The van der Waals surface area contributed by atoms with E-state index < -0.39 is 0 Å². The fourth-order valence-corrected chi connectivity index (χ4v) is 2.55. The lowest BCUT2D eigenvalue weighted by Crippen LogP contribution is -2.18. The highest BCUT2D eigenvalue weighted by atomic mass is 79.9. The Morgan fingerprint density at radius 1 is 1.24 bits per heavy atom. The molecular formula is C18H18BrN3O3. The molecule has 0 saturated carbocycles. The maximum atomic E-state index is 12.1. The van der Waals surface area contributed by atoms with Crippen molar-refractivity contribution in [2.45, 2.75) is 13.8 Å². The van der Waals surface area contributed by atoms with Crippen LogP contribution < -0.4 is 15.5 Å². The Morgan fingerprint density at radius 3 is 2.72 bits per heavy atom. The fourth-order valence-electron chi connectivity index (χ4n) is 2.04. The summed E-state index contributed by atoms with van der Waals surface area (Å²) in [6.45, 7) is 3.91. The van der Waals surface area contributed by atoms with Crippen molar-refractivity contribution in [1.82, 2.24) is 5.43 Å². The summed E-state index contributed by atoms with van der Waals surface area (Å²) in [7, 11) is 0. The van der Waals surface area contributed by atoms with Crippen LogP contribution in [0.5, 0.6) is 5.75 Å². The molecule has 2 rings (SSSR count). The molecule has 0 aromatic heterocycles. The summed E-state index contributed by atoms with van der Waals surface area (Å²) in [6.07, 6.45) is 1.54. The van der Waals surface area contributed by atoms with Crippen molar-refractivity contribution in [3.63, 3.8) is 0 Å². The van der Waals surface area contributed by atoms with Crippen LogP contribution in [0.2, 0.25) is 0 Å². The average molecular weight is 404 g/mol. The lowest BCUT2D eigenvalue weighted by Gasteiger charge is -2.06. The second kappa shape index (κ2) is 8.98. The van der Waals surface area contributed by atoms with E-state index in [-0.39, 0.29) is 11.8 Å². The highest BCUT2D eigenvalue weighted by Gasteiger charge is 2.06. The first kappa shape index (κ1) is 18.7. The quantitative estimate of drug-likeness (QED) is 0.571. The van der Waals surface area contributed by atoms with Crippen LogP contribution in [0.3, 0.4) is 0 Å². The molecule has 0 bridgehead atoms. The molecule has 0 aliphatic carbocycles. The number of anilines is 1. The van der Waals surface area contributed by atoms with E-state index in [0.717, 1.165) is 15.8 Å². The predicted octanol–water partition coefficient (Wildman–Crippen LogP) is 3.57. The smallest absolute Gasteiger partial charge is 0.271 e. The molecule has 0 heterocycles. The van der Waals surface area contributed by atoms with Crippen molar-refractivity contribution < 1.29 is 14.3 Å². The van der Waals surface area contributed by atoms with Crippen LogP contribution in [0.25, 0.3) is 0 Å². The standard InChI is InChI=1S/C18H18BrN3O3/c1-3-25-17-8-7-13(9-16(17)19)11-20-22-18(24)14-5-4-6-15(10-14)21-12(2)23/h4-11H,3H2,1-2H3,(H,21,23)(H,22,24)/b20-11-. The summed E-state index contributed by atoms with van der Waals surface area (Å²) in [5, 5.41) is 6.58. The summed E-state index contributed by atoms with van der Waals surface area (Å²) in [4.78, 5) is 23.2. The molecule has 0 unspecified atom stereocenters. The van der Waals surface area contributed by atoms with E-state index >= 15 is 0 Å². The van der Waals surface area contributed by atoms with E-state index in [1.165, 1.54) is 13.1 Å². The topological polar surface area (TPSA) is 79.8 Å². The first-order valence-corrected chi connectivity index (χ1v) is 8.42. The number of hydrogen-bond donors (Lipinski definition) is 2. The molecule has 0 fully saturated rings. The molecule has 0 atom stereocenters. The third-order valence-electron chi connectivity index (χ3n) is 3.08. The number of ether oxygens (including phenoxy) is 1. The van der Waals surface area contributed by atoms with Gasteiger partial charge in [0.25, 0.3) is 5.91 Å². The van der Waals surface area contributed by atoms with Gasteiger partial charge in [0.2, 0.25) is 5.91 Å². The monoisotopic (exact) mass is 403 g/mol. The Morgan fingerprint density at radius 2 is 2.04 bits per heavy atom. The number of benzene rings is 2. The van der Waals surface area contributed by atoms with Crippen molar-refractivity contribution in [2.75, 3.05) is 11.9 Å². The van der Waals surface area contributed by atoms with E-state index in [0.29, 0.717) is 17.9 Å². The van der Waals surface area contributed by atoms with Crippen LogP contribution in [0.4, 0.5) is 5.69 Å². The van der Waals surface area contributed by atoms with Crippen LogP contribution in [0.15, 0.2) is 52.0 Å². The number of rotatable bonds is 6. The van der Waals surface area contributed by atoms with Gasteiger partial charge in [-0.1, -0.05) is 6.07 Å². The van der Waals surface area contributed by atoms with Crippen LogP contribution in [-0.4, -0.2) is 24.6 Å². The fraction of sp³-hybridized carbons (Fsp3) is 0.167. The van der Waals surface area contributed by atoms with Crippen LogP contribution in [0, 0.1) is 0 Å². The van der Waals surface area contributed by atoms with Crippen LogP contribution in [0.1, 0.15) is 29.8 Å². The summed E-state index contributed by atoms with van der Waals surface area (Å²) < 4.78 is 6.25. The van der Waals surface area contributed by atoms with Gasteiger partial charge in [-0.3, -0.25) is 9.59 Å². The SMILES string of the molecule is CCOc1ccc(/C=N\NC(=O)c2cccc(NC(C)=O)c2)cc1Br. The van der Waals surface area contributed by atoms with Gasteiger partial charge in [0.05, 0.1) is 17.3 Å². The van der Waals surface area contributed by atoms with Gasteiger partial charge in [0.15, 0.2) is 0 Å². The average Bonchev–Trinajstić information content (AvgIpc) is 2.57. The minimum Gasteiger partial charge on any atom is -0.493 e. The van der Waals surface area contributed by atoms with Crippen LogP contribution >= 0.6 is 15.9 Å². The number of carbonyl (C=O) groups is 2. The molecule has 0 saturated heterocycles. The largest absolute Gasteiger partial charge is 0.493 e. The normalized spacial score (nSPS) is 10.5. The highest BCUT2D eigenvalue weighted by Crippen LogP contribution is 2.25. The zero-order chi connectivity index (χ0) is 18.2. The van der Waals surface area contributed by atoms with Crippen molar-refractivity contribution >= 4 is 39.6 Å². The highest BCUT2D eigenvalue weighted by molar-refractivity contribution is 9.10. The van der Waals surface area contributed by atoms with Gasteiger partial charge in [-0.25, -0.2) is 5.43 Å². The number of nitrogens with zero attached hydrogens (tertiary/aromatic N) is 1. The Labute approximate surface area is 154 Å². The van der Waals surface area contributed by atoms with Crippen LogP contribution in [-0.2, 0) is 4.79 Å². The number of hydrogen-bond acceptors (Lipinski definition) is 4. The Balaban J connectivity index is 2.00. The minimum absolute atomic E-state index is 0.198. The lowest BCUT2D eigenvalue weighted by atomic mass is 10.2. The molecule has 0 spiro atoms. The summed E-state index contributed by atoms with van der Waals surface area (Å²) >= 11 is 3.42. The second-order valence-electron chi connectivity index (χ2n) is 5.08. The predicted molar refractivity (Wildman–Crippen MR) is 101 cm³/mol. The number of amides is 2. The van der Waals surface area contributed by atoms with Gasteiger partial charge in [-0.05, 0) is 64.8 Å². The van der Waals surface area contributed by atoms with E-state index in [4.69, 9.17) is 4.74 Å². The zero-order valence-corrected chi connectivity index (χ0v) is 15.5. The van der Waals surface area contributed by atoms with E-state index in [9.17, 15) is 9.59 Å². The van der Waals surface area contributed by atoms with E-state index in [1.54, 1.807) is 24.3 Å². The van der Waals surface area contributed by atoms with Gasteiger partial charge in [-0.2, -0.15) is 5.10 Å². The molecule has 2 aromatic carbocycles. The van der Waals surface area contributed by atoms with Crippen molar-refractivity contribution in [3.8, 4) is 5.75 Å². The Hall–Kier alpha value is -2.67. The third-order valence-corrected chi connectivity index (χ3v) is 3.70. The summed E-state index contributed by atoms with van der Waals surface area (Å²) in [6, 6.07) is 12.1. The first-order valence-electron chi connectivity index (χ1n) is 7.63. The molecule has 25 heavy (non-hydrogen) atoms. The van der Waals surface area contributed by atoms with Crippen molar-refractivity contribution in [1.29, 1.82) is 0 Å². The Bertz CT molecular complexity index is 806. The molecule has 2 aromatic rings. The number of hydrazone groups is 1. The number of halogens is 1. The van der Waals surface area contributed by atoms with Crippen molar-refractivity contribution in [2.24, 2.45) is 5.10 Å².